The Kier molecular flexibility index (Phi) is 4.16. The molecule has 1 aromatic rings. The van der Waals surface area contributed by atoms with E-state index >= 15 is 0 Å². The molecule has 1 heterocycles. The first-order valence-corrected chi connectivity index (χ1v) is 6.12. The van der Waals surface area contributed by atoms with Crippen molar-refractivity contribution in [2.45, 2.75) is 31.8 Å². The van der Waals surface area contributed by atoms with Gasteiger partial charge in [-0.3, -0.25) is 9.88 Å². The van der Waals surface area contributed by atoms with Gasteiger partial charge < -0.3 is 5.11 Å². The first kappa shape index (κ1) is 11.8. The fraction of sp³-hybridized carbons (Fsp3) is 0.583. The van der Waals surface area contributed by atoms with Gasteiger partial charge in [-0.15, -0.1) is 0 Å². The van der Waals surface area contributed by atoms with Gasteiger partial charge in [0.15, 0.2) is 0 Å². The summed E-state index contributed by atoms with van der Waals surface area (Å²) >= 11 is 6.08. The number of aromatic nitrogens is 1. The fourth-order valence-electron chi connectivity index (χ4n) is 2.02. The van der Waals surface area contributed by atoms with Crippen LogP contribution < -0.4 is 0 Å². The summed E-state index contributed by atoms with van der Waals surface area (Å²) in [5, 5.41) is 9.78. The molecule has 0 bridgehead atoms. The normalized spacial score (nSPS) is 16.4. The van der Waals surface area contributed by atoms with E-state index in [0.29, 0.717) is 11.1 Å². The van der Waals surface area contributed by atoms with Crippen LogP contribution in [-0.4, -0.2) is 34.2 Å². The van der Waals surface area contributed by atoms with Gasteiger partial charge >= 0.3 is 0 Å². The van der Waals surface area contributed by atoms with Crippen molar-refractivity contribution in [2.24, 2.45) is 0 Å². The number of rotatable bonds is 5. The Bertz CT molecular complexity index is 342. The van der Waals surface area contributed by atoms with Gasteiger partial charge in [0.25, 0.3) is 0 Å². The summed E-state index contributed by atoms with van der Waals surface area (Å²) in [4.78, 5) is 6.29. The van der Waals surface area contributed by atoms with Crippen LogP contribution in [0, 0.1) is 0 Å². The van der Waals surface area contributed by atoms with Gasteiger partial charge in [0.1, 0.15) is 0 Å². The highest BCUT2D eigenvalue weighted by Gasteiger charge is 2.24. The van der Waals surface area contributed by atoms with E-state index in [1.54, 1.807) is 12.4 Å². The minimum Gasteiger partial charge on any atom is -0.395 e. The van der Waals surface area contributed by atoms with Crippen LogP contribution >= 0.6 is 11.6 Å². The lowest BCUT2D eigenvalue weighted by Crippen LogP contribution is -2.41. The maximum Gasteiger partial charge on any atom is 0.0634 e. The quantitative estimate of drug-likeness (QED) is 0.856. The van der Waals surface area contributed by atoms with Gasteiger partial charge in [-0.1, -0.05) is 18.0 Å². The summed E-state index contributed by atoms with van der Waals surface area (Å²) in [6.07, 6.45) is 7.22. The first-order chi connectivity index (χ1) is 7.81. The molecule has 16 heavy (non-hydrogen) atoms. The number of halogens is 1. The van der Waals surface area contributed by atoms with Crippen LogP contribution in [-0.2, 0) is 6.54 Å². The first-order valence-electron chi connectivity index (χ1n) is 5.74. The summed E-state index contributed by atoms with van der Waals surface area (Å²) in [6, 6.07) is 2.57. The zero-order valence-corrected chi connectivity index (χ0v) is 10.0. The molecule has 4 heteroatoms. The lowest BCUT2D eigenvalue weighted by atomic mass is 9.91. The Labute approximate surface area is 101 Å². The summed E-state index contributed by atoms with van der Waals surface area (Å²) in [5.41, 5.74) is 1.09. The molecule has 1 aliphatic rings. The van der Waals surface area contributed by atoms with Crippen molar-refractivity contribution in [3.05, 3.63) is 29.0 Å². The molecule has 1 aliphatic carbocycles. The van der Waals surface area contributed by atoms with Crippen LogP contribution in [0.1, 0.15) is 24.8 Å². The zero-order chi connectivity index (χ0) is 11.4. The van der Waals surface area contributed by atoms with E-state index in [9.17, 15) is 0 Å². The Balaban J connectivity index is 2.01. The minimum absolute atomic E-state index is 0.208. The van der Waals surface area contributed by atoms with Crippen LogP contribution in [0.5, 0.6) is 0 Å². The van der Waals surface area contributed by atoms with Crippen LogP contribution in [0.25, 0.3) is 0 Å². The molecule has 0 spiro atoms. The highest BCUT2D eigenvalue weighted by molar-refractivity contribution is 6.31. The van der Waals surface area contributed by atoms with Gasteiger partial charge in [-0.25, -0.2) is 0 Å². The molecular weight excluding hydrogens is 224 g/mol. The molecule has 88 valence electrons. The van der Waals surface area contributed by atoms with Crippen molar-refractivity contribution in [1.29, 1.82) is 0 Å². The Morgan fingerprint density at radius 1 is 1.50 bits per heavy atom. The van der Waals surface area contributed by atoms with Gasteiger partial charge in [0, 0.05) is 31.5 Å². The molecule has 2 rings (SSSR count). The summed E-state index contributed by atoms with van der Waals surface area (Å²) in [6.45, 7) is 1.75. The third-order valence-corrected chi connectivity index (χ3v) is 3.55. The lowest BCUT2D eigenvalue weighted by molar-refractivity contribution is 0.0945. The van der Waals surface area contributed by atoms with Crippen LogP contribution in [0.4, 0.5) is 0 Å². The number of pyridine rings is 1. The molecule has 1 saturated carbocycles. The van der Waals surface area contributed by atoms with Crippen molar-refractivity contribution in [1.82, 2.24) is 9.88 Å². The Hall–Kier alpha value is -0.640. The molecule has 0 unspecified atom stereocenters. The summed E-state index contributed by atoms with van der Waals surface area (Å²) in [7, 11) is 0. The monoisotopic (exact) mass is 240 g/mol. The van der Waals surface area contributed by atoms with E-state index in [-0.39, 0.29) is 6.61 Å². The maximum atomic E-state index is 9.07. The van der Waals surface area contributed by atoms with Crippen molar-refractivity contribution in [3.63, 3.8) is 0 Å². The topological polar surface area (TPSA) is 36.4 Å². The second-order valence-corrected chi connectivity index (χ2v) is 4.65. The number of hydrogen-bond donors (Lipinski definition) is 1. The molecule has 0 atom stereocenters. The van der Waals surface area contributed by atoms with E-state index in [1.807, 2.05) is 6.07 Å². The maximum absolute atomic E-state index is 9.07. The second kappa shape index (κ2) is 5.62. The smallest absolute Gasteiger partial charge is 0.0634 e. The molecule has 3 nitrogen and oxygen atoms in total. The highest BCUT2D eigenvalue weighted by Crippen LogP contribution is 2.27. The Morgan fingerprint density at radius 3 is 2.88 bits per heavy atom. The largest absolute Gasteiger partial charge is 0.395 e. The van der Waals surface area contributed by atoms with Gasteiger partial charge in [-0.05, 0) is 24.5 Å². The van der Waals surface area contributed by atoms with Crippen molar-refractivity contribution >= 4 is 11.6 Å². The molecule has 1 aromatic heterocycles. The summed E-state index contributed by atoms with van der Waals surface area (Å²) < 4.78 is 0. The minimum atomic E-state index is 0.208. The van der Waals surface area contributed by atoms with Gasteiger partial charge in [0.05, 0.1) is 11.6 Å². The molecule has 0 radical (unpaired) electrons. The van der Waals surface area contributed by atoms with E-state index in [4.69, 9.17) is 16.7 Å². The van der Waals surface area contributed by atoms with Crippen molar-refractivity contribution < 1.29 is 5.11 Å². The molecule has 0 amide bonds. The van der Waals surface area contributed by atoms with E-state index in [1.165, 1.54) is 19.3 Å². The number of nitrogens with zero attached hydrogens (tertiary/aromatic N) is 2. The third kappa shape index (κ3) is 2.73. The standard InChI is InChI=1S/C12H17ClN2O/c13-12-8-14-5-4-10(12)9-15(6-7-16)11-2-1-3-11/h4-5,8,11,16H,1-3,6-7,9H2. The number of aliphatic hydroxyl groups is 1. The predicted molar refractivity (Wildman–Crippen MR) is 64.4 cm³/mol. The molecule has 1 N–H and O–H groups in total. The van der Waals surface area contributed by atoms with Gasteiger partial charge in [0.2, 0.25) is 0 Å². The lowest BCUT2D eigenvalue weighted by Gasteiger charge is -2.37. The van der Waals surface area contributed by atoms with Crippen molar-refractivity contribution in [2.75, 3.05) is 13.2 Å². The van der Waals surface area contributed by atoms with Crippen LogP contribution in [0.2, 0.25) is 5.02 Å². The average molecular weight is 241 g/mol. The fourth-order valence-corrected chi connectivity index (χ4v) is 2.20. The third-order valence-electron chi connectivity index (χ3n) is 3.21. The molecule has 0 aromatic carbocycles. The Morgan fingerprint density at radius 2 is 2.31 bits per heavy atom. The summed E-state index contributed by atoms with van der Waals surface area (Å²) in [5.74, 6) is 0. The molecule has 0 aliphatic heterocycles. The predicted octanol–water partition coefficient (Wildman–Crippen LogP) is 2.08. The van der Waals surface area contributed by atoms with Gasteiger partial charge in [-0.2, -0.15) is 0 Å². The number of aliphatic hydroxyl groups excluding tert-OH is 1. The molecule has 1 fully saturated rings. The second-order valence-electron chi connectivity index (χ2n) is 4.25. The highest BCUT2D eigenvalue weighted by atomic mass is 35.5. The van der Waals surface area contributed by atoms with Crippen LogP contribution in [0.15, 0.2) is 18.5 Å². The SMILES string of the molecule is OCCN(Cc1ccncc1Cl)C1CCC1. The van der Waals surface area contributed by atoms with E-state index in [0.717, 1.165) is 18.7 Å². The average Bonchev–Trinajstić information content (AvgIpc) is 2.19. The van der Waals surface area contributed by atoms with Crippen molar-refractivity contribution in [3.8, 4) is 0 Å². The molecular formula is C12H17ClN2O. The molecule has 0 saturated heterocycles. The van der Waals surface area contributed by atoms with Crippen LogP contribution in [0.3, 0.4) is 0 Å². The van der Waals surface area contributed by atoms with E-state index < -0.39 is 0 Å². The van der Waals surface area contributed by atoms with E-state index in [2.05, 4.69) is 9.88 Å². The number of hydrogen-bond acceptors (Lipinski definition) is 3. The zero-order valence-electron chi connectivity index (χ0n) is 9.27.